The molecule has 1 aliphatic rings. The molecule has 0 aromatic heterocycles. The molecule has 0 saturated carbocycles. The van der Waals surface area contributed by atoms with E-state index in [0.717, 1.165) is 25.9 Å². The van der Waals surface area contributed by atoms with Crippen molar-refractivity contribution in [2.45, 2.75) is 18.9 Å². The summed E-state index contributed by atoms with van der Waals surface area (Å²) in [5.74, 6) is 0.648. The summed E-state index contributed by atoms with van der Waals surface area (Å²) in [5.41, 5.74) is 0.583. The average molecular weight is 287 g/mol. The highest BCUT2D eigenvalue weighted by Crippen LogP contribution is 2.18. The van der Waals surface area contributed by atoms with Crippen molar-refractivity contribution in [3.63, 3.8) is 0 Å². The van der Waals surface area contributed by atoms with Crippen LogP contribution in [0.3, 0.4) is 0 Å². The fraction of sp³-hybridized carbons (Fsp3) is 0.500. The predicted molar refractivity (Wildman–Crippen MR) is 79.9 cm³/mol. The molecule has 1 unspecified atom stereocenters. The van der Waals surface area contributed by atoms with Gasteiger partial charge in [0.1, 0.15) is 5.75 Å². The van der Waals surface area contributed by atoms with Crippen molar-refractivity contribution in [3.8, 4) is 11.8 Å². The Balaban J connectivity index is 1.87. The van der Waals surface area contributed by atoms with E-state index in [0.29, 0.717) is 11.3 Å². The zero-order valence-corrected chi connectivity index (χ0v) is 12.6. The third-order valence-electron chi connectivity index (χ3n) is 3.62. The van der Waals surface area contributed by atoms with E-state index >= 15 is 0 Å². The molecule has 0 spiro atoms. The first kappa shape index (κ1) is 15.3. The van der Waals surface area contributed by atoms with Crippen LogP contribution in [0.2, 0.25) is 0 Å². The van der Waals surface area contributed by atoms with Crippen LogP contribution >= 0.6 is 0 Å². The van der Waals surface area contributed by atoms with E-state index in [9.17, 15) is 4.79 Å². The lowest BCUT2D eigenvalue weighted by atomic mass is 10.2. The Labute approximate surface area is 125 Å². The first-order valence-corrected chi connectivity index (χ1v) is 7.17. The van der Waals surface area contributed by atoms with Gasteiger partial charge in [0.25, 0.3) is 5.91 Å². The molecule has 112 valence electrons. The zero-order valence-electron chi connectivity index (χ0n) is 12.6. The van der Waals surface area contributed by atoms with E-state index in [1.54, 1.807) is 24.3 Å². The van der Waals surface area contributed by atoms with Gasteiger partial charge in [-0.25, -0.2) is 0 Å². The van der Waals surface area contributed by atoms with Crippen LogP contribution in [0.1, 0.15) is 18.4 Å². The molecule has 21 heavy (non-hydrogen) atoms. The fourth-order valence-electron chi connectivity index (χ4n) is 2.63. The van der Waals surface area contributed by atoms with Crippen LogP contribution in [-0.2, 0) is 4.79 Å². The number of carbonyl (C=O) groups is 1. The summed E-state index contributed by atoms with van der Waals surface area (Å²) in [7, 11) is 4.04. The Kier molecular flexibility index (Phi) is 5.18. The van der Waals surface area contributed by atoms with E-state index in [2.05, 4.69) is 11.0 Å². The molecule has 1 amide bonds. The summed E-state index contributed by atoms with van der Waals surface area (Å²) in [6, 6.07) is 9.14. The van der Waals surface area contributed by atoms with Gasteiger partial charge in [-0.3, -0.25) is 4.79 Å². The maximum Gasteiger partial charge on any atom is 0.260 e. The topological polar surface area (TPSA) is 56.6 Å². The number of carbonyl (C=O) groups excluding carboxylic acids is 1. The Morgan fingerprint density at radius 3 is 2.76 bits per heavy atom. The van der Waals surface area contributed by atoms with Gasteiger partial charge in [-0.1, -0.05) is 0 Å². The van der Waals surface area contributed by atoms with E-state index in [1.807, 2.05) is 19.0 Å². The Morgan fingerprint density at radius 2 is 2.14 bits per heavy atom. The SMILES string of the molecule is CN(C)CC1CCCN1C(=O)COc1ccc(C#N)cc1. The number of rotatable bonds is 5. The van der Waals surface area contributed by atoms with Crippen LogP contribution in [0.5, 0.6) is 5.75 Å². The van der Waals surface area contributed by atoms with Gasteiger partial charge in [0.15, 0.2) is 6.61 Å². The molecule has 5 nitrogen and oxygen atoms in total. The lowest BCUT2D eigenvalue weighted by Gasteiger charge is -2.27. The van der Waals surface area contributed by atoms with Crippen LogP contribution in [0.15, 0.2) is 24.3 Å². The highest BCUT2D eigenvalue weighted by Gasteiger charge is 2.28. The summed E-state index contributed by atoms with van der Waals surface area (Å²) < 4.78 is 5.52. The van der Waals surface area contributed by atoms with Crippen LogP contribution in [-0.4, -0.2) is 55.5 Å². The van der Waals surface area contributed by atoms with Crippen LogP contribution in [0.25, 0.3) is 0 Å². The second-order valence-electron chi connectivity index (χ2n) is 5.57. The van der Waals surface area contributed by atoms with E-state index < -0.39 is 0 Å². The fourth-order valence-corrected chi connectivity index (χ4v) is 2.63. The minimum atomic E-state index is 0.0312. The van der Waals surface area contributed by atoms with Crippen molar-refractivity contribution in [2.24, 2.45) is 0 Å². The van der Waals surface area contributed by atoms with E-state index in [1.165, 1.54) is 0 Å². The van der Waals surface area contributed by atoms with Crippen molar-refractivity contribution in [3.05, 3.63) is 29.8 Å². The number of benzene rings is 1. The molecule has 5 heteroatoms. The highest BCUT2D eigenvalue weighted by atomic mass is 16.5. The zero-order chi connectivity index (χ0) is 15.2. The highest BCUT2D eigenvalue weighted by molar-refractivity contribution is 5.78. The van der Waals surface area contributed by atoms with E-state index in [-0.39, 0.29) is 18.6 Å². The monoisotopic (exact) mass is 287 g/mol. The van der Waals surface area contributed by atoms with Gasteiger partial charge < -0.3 is 14.5 Å². The number of likely N-dealkylation sites (tertiary alicyclic amines) is 1. The number of nitriles is 1. The molecule has 1 aromatic rings. The molecule has 1 heterocycles. The Bertz CT molecular complexity index is 519. The van der Waals surface area contributed by atoms with Gasteiger partial charge in [-0.05, 0) is 51.2 Å². The smallest absolute Gasteiger partial charge is 0.260 e. The first-order valence-electron chi connectivity index (χ1n) is 7.17. The molecule has 0 bridgehead atoms. The largest absolute Gasteiger partial charge is 0.484 e. The van der Waals surface area contributed by atoms with Crippen molar-refractivity contribution < 1.29 is 9.53 Å². The molecule has 1 saturated heterocycles. The number of ether oxygens (including phenoxy) is 1. The maximum atomic E-state index is 12.3. The molecule has 1 fully saturated rings. The normalized spacial score (nSPS) is 17.8. The first-order chi connectivity index (χ1) is 10.1. The van der Waals surface area contributed by atoms with Crippen molar-refractivity contribution in [2.75, 3.05) is 33.8 Å². The van der Waals surface area contributed by atoms with Crippen LogP contribution < -0.4 is 4.74 Å². The molecule has 2 rings (SSSR count). The van der Waals surface area contributed by atoms with Crippen molar-refractivity contribution in [1.82, 2.24) is 9.80 Å². The second-order valence-corrected chi connectivity index (χ2v) is 5.57. The molecule has 1 aliphatic heterocycles. The number of amides is 1. The lowest BCUT2D eigenvalue weighted by molar-refractivity contribution is -0.134. The Hall–Kier alpha value is -2.06. The number of hydrogen-bond acceptors (Lipinski definition) is 4. The second kappa shape index (κ2) is 7.09. The van der Waals surface area contributed by atoms with Gasteiger partial charge in [-0.2, -0.15) is 5.26 Å². The minimum Gasteiger partial charge on any atom is -0.484 e. The summed E-state index contributed by atoms with van der Waals surface area (Å²) in [4.78, 5) is 16.3. The number of hydrogen-bond donors (Lipinski definition) is 0. The van der Waals surface area contributed by atoms with Crippen molar-refractivity contribution >= 4 is 5.91 Å². The van der Waals surface area contributed by atoms with Gasteiger partial charge in [0, 0.05) is 19.1 Å². The third-order valence-corrected chi connectivity index (χ3v) is 3.62. The summed E-state index contributed by atoms with van der Waals surface area (Å²) in [5, 5.41) is 8.74. The van der Waals surface area contributed by atoms with Gasteiger partial charge in [-0.15, -0.1) is 0 Å². The summed E-state index contributed by atoms with van der Waals surface area (Å²) >= 11 is 0. The maximum absolute atomic E-state index is 12.3. The Morgan fingerprint density at radius 1 is 1.43 bits per heavy atom. The standard InChI is InChI=1S/C16H21N3O2/c1-18(2)11-14-4-3-9-19(14)16(20)12-21-15-7-5-13(10-17)6-8-15/h5-8,14H,3-4,9,11-12H2,1-2H3. The third kappa shape index (κ3) is 4.20. The van der Waals surface area contributed by atoms with Crippen LogP contribution in [0.4, 0.5) is 0 Å². The van der Waals surface area contributed by atoms with E-state index in [4.69, 9.17) is 10.00 Å². The number of nitrogens with zero attached hydrogens (tertiary/aromatic N) is 3. The molecular weight excluding hydrogens is 266 g/mol. The van der Waals surface area contributed by atoms with Crippen LogP contribution in [0, 0.1) is 11.3 Å². The van der Waals surface area contributed by atoms with Gasteiger partial charge in [0.2, 0.25) is 0 Å². The predicted octanol–water partition coefficient (Wildman–Crippen LogP) is 1.49. The minimum absolute atomic E-state index is 0.0312. The summed E-state index contributed by atoms with van der Waals surface area (Å²) in [6.07, 6.45) is 2.11. The summed E-state index contributed by atoms with van der Waals surface area (Å²) in [6.45, 7) is 1.76. The molecular formula is C16H21N3O2. The molecule has 1 atom stereocenters. The van der Waals surface area contributed by atoms with Gasteiger partial charge >= 0.3 is 0 Å². The quantitative estimate of drug-likeness (QED) is 0.823. The average Bonchev–Trinajstić information content (AvgIpc) is 2.92. The van der Waals surface area contributed by atoms with Crippen molar-refractivity contribution in [1.29, 1.82) is 5.26 Å². The molecule has 1 aromatic carbocycles. The number of likely N-dealkylation sites (N-methyl/N-ethyl adjacent to an activating group) is 1. The molecule has 0 N–H and O–H groups in total. The van der Waals surface area contributed by atoms with Gasteiger partial charge in [0.05, 0.1) is 11.6 Å². The molecule has 0 aliphatic carbocycles. The molecule has 0 radical (unpaired) electrons. The lowest BCUT2D eigenvalue weighted by Crippen LogP contribution is -2.43.